The molecule has 1 aliphatic rings. The van der Waals surface area contributed by atoms with Crippen molar-refractivity contribution >= 4 is 34.5 Å². The highest BCUT2D eigenvalue weighted by molar-refractivity contribution is 6.38. The number of halogens is 1. The zero-order valence-corrected chi connectivity index (χ0v) is 10.7. The number of hydrogen-bond acceptors (Lipinski definition) is 2. The van der Waals surface area contributed by atoms with Crippen LogP contribution in [0.3, 0.4) is 0 Å². The molecule has 19 heavy (non-hydrogen) atoms. The SMILES string of the molecule is N/C(=C1\C(=O)Nc2ccc(Cl)cc21)c1ccccc1. The summed E-state index contributed by atoms with van der Waals surface area (Å²) in [6.07, 6.45) is 0. The maximum atomic E-state index is 12.1. The highest BCUT2D eigenvalue weighted by Gasteiger charge is 2.27. The zero-order chi connectivity index (χ0) is 13.4. The van der Waals surface area contributed by atoms with Gasteiger partial charge < -0.3 is 11.1 Å². The van der Waals surface area contributed by atoms with Gasteiger partial charge in [-0.15, -0.1) is 0 Å². The number of benzene rings is 2. The normalized spacial score (nSPS) is 15.9. The summed E-state index contributed by atoms with van der Waals surface area (Å²) in [5.41, 5.74) is 9.37. The highest BCUT2D eigenvalue weighted by Crippen LogP contribution is 2.36. The van der Waals surface area contributed by atoms with E-state index in [0.717, 1.165) is 16.8 Å². The van der Waals surface area contributed by atoms with E-state index in [1.807, 2.05) is 30.3 Å². The van der Waals surface area contributed by atoms with Gasteiger partial charge in [-0.1, -0.05) is 41.9 Å². The number of carbonyl (C=O) groups excluding carboxylic acids is 1. The number of anilines is 1. The molecular weight excluding hydrogens is 260 g/mol. The van der Waals surface area contributed by atoms with Crippen molar-refractivity contribution in [2.75, 3.05) is 5.32 Å². The van der Waals surface area contributed by atoms with E-state index in [-0.39, 0.29) is 5.91 Å². The molecule has 0 aromatic heterocycles. The van der Waals surface area contributed by atoms with Crippen molar-refractivity contribution in [3.05, 3.63) is 64.7 Å². The molecule has 4 heteroatoms. The van der Waals surface area contributed by atoms with Gasteiger partial charge in [-0.3, -0.25) is 4.79 Å². The molecule has 0 aliphatic carbocycles. The summed E-state index contributed by atoms with van der Waals surface area (Å²) < 4.78 is 0. The molecule has 0 atom stereocenters. The van der Waals surface area contributed by atoms with E-state index in [2.05, 4.69) is 5.32 Å². The van der Waals surface area contributed by atoms with Gasteiger partial charge >= 0.3 is 0 Å². The second kappa shape index (κ2) is 4.44. The lowest BCUT2D eigenvalue weighted by molar-refractivity contribution is -0.110. The lowest BCUT2D eigenvalue weighted by Crippen LogP contribution is -2.09. The minimum atomic E-state index is -0.196. The smallest absolute Gasteiger partial charge is 0.258 e. The van der Waals surface area contributed by atoms with Gasteiger partial charge in [0.05, 0.1) is 11.3 Å². The highest BCUT2D eigenvalue weighted by atomic mass is 35.5. The molecule has 3 nitrogen and oxygen atoms in total. The quantitative estimate of drug-likeness (QED) is 0.782. The van der Waals surface area contributed by atoms with E-state index in [0.29, 0.717) is 16.3 Å². The molecule has 0 bridgehead atoms. The third-order valence-corrected chi connectivity index (χ3v) is 3.32. The topological polar surface area (TPSA) is 55.1 Å². The number of rotatable bonds is 1. The Balaban J connectivity index is 2.21. The Kier molecular flexibility index (Phi) is 2.76. The zero-order valence-electron chi connectivity index (χ0n) is 9.98. The van der Waals surface area contributed by atoms with Crippen LogP contribution >= 0.6 is 11.6 Å². The number of nitrogens with one attached hydrogen (secondary N) is 1. The molecule has 1 heterocycles. The molecule has 2 aromatic rings. The van der Waals surface area contributed by atoms with Crippen LogP contribution in [0.5, 0.6) is 0 Å². The number of hydrogen-bond donors (Lipinski definition) is 2. The molecule has 0 spiro atoms. The van der Waals surface area contributed by atoms with Gasteiger partial charge in [0.25, 0.3) is 5.91 Å². The molecule has 0 fully saturated rings. The molecule has 1 aliphatic heterocycles. The van der Waals surface area contributed by atoms with Crippen molar-refractivity contribution in [2.24, 2.45) is 5.73 Å². The van der Waals surface area contributed by atoms with Gasteiger partial charge in [0.1, 0.15) is 0 Å². The van der Waals surface area contributed by atoms with Crippen molar-refractivity contribution in [1.82, 2.24) is 0 Å². The van der Waals surface area contributed by atoms with Gasteiger partial charge in [-0.05, 0) is 23.8 Å². The Morgan fingerprint density at radius 3 is 2.58 bits per heavy atom. The van der Waals surface area contributed by atoms with Crippen molar-refractivity contribution in [1.29, 1.82) is 0 Å². The van der Waals surface area contributed by atoms with Crippen molar-refractivity contribution < 1.29 is 4.79 Å². The van der Waals surface area contributed by atoms with Crippen LogP contribution in [0.1, 0.15) is 11.1 Å². The first kappa shape index (κ1) is 11.8. The molecule has 3 rings (SSSR count). The number of carbonyl (C=O) groups is 1. The van der Waals surface area contributed by atoms with Crippen LogP contribution in [-0.2, 0) is 4.79 Å². The van der Waals surface area contributed by atoms with Gasteiger partial charge in [-0.2, -0.15) is 0 Å². The Morgan fingerprint density at radius 2 is 1.84 bits per heavy atom. The fourth-order valence-corrected chi connectivity index (χ4v) is 2.34. The summed E-state index contributed by atoms with van der Waals surface area (Å²) in [5.74, 6) is -0.196. The van der Waals surface area contributed by atoms with Gasteiger partial charge in [-0.25, -0.2) is 0 Å². The molecule has 0 radical (unpaired) electrons. The lowest BCUT2D eigenvalue weighted by Gasteiger charge is -2.06. The van der Waals surface area contributed by atoms with Crippen LogP contribution in [0.25, 0.3) is 11.3 Å². The molecule has 94 valence electrons. The summed E-state index contributed by atoms with van der Waals surface area (Å²) in [6, 6.07) is 14.7. The predicted octanol–water partition coefficient (Wildman–Crippen LogP) is 3.12. The maximum absolute atomic E-state index is 12.1. The van der Waals surface area contributed by atoms with E-state index in [9.17, 15) is 4.79 Å². The third kappa shape index (κ3) is 1.98. The first-order valence-electron chi connectivity index (χ1n) is 5.83. The summed E-state index contributed by atoms with van der Waals surface area (Å²) >= 11 is 5.98. The number of amides is 1. The minimum absolute atomic E-state index is 0.196. The first-order valence-corrected chi connectivity index (χ1v) is 6.21. The average molecular weight is 271 g/mol. The Hall–Kier alpha value is -2.26. The van der Waals surface area contributed by atoms with E-state index in [4.69, 9.17) is 17.3 Å². The maximum Gasteiger partial charge on any atom is 0.258 e. The van der Waals surface area contributed by atoms with E-state index in [1.165, 1.54) is 0 Å². The second-order valence-electron chi connectivity index (χ2n) is 4.30. The second-order valence-corrected chi connectivity index (χ2v) is 4.74. The molecule has 3 N–H and O–H groups in total. The van der Waals surface area contributed by atoms with Crippen molar-refractivity contribution in [3.8, 4) is 0 Å². The summed E-state index contributed by atoms with van der Waals surface area (Å²) in [7, 11) is 0. The van der Waals surface area contributed by atoms with Crippen LogP contribution in [0, 0.1) is 0 Å². The van der Waals surface area contributed by atoms with Crippen LogP contribution in [-0.4, -0.2) is 5.91 Å². The fourth-order valence-electron chi connectivity index (χ4n) is 2.17. The monoisotopic (exact) mass is 270 g/mol. The third-order valence-electron chi connectivity index (χ3n) is 3.08. The Morgan fingerprint density at radius 1 is 1.11 bits per heavy atom. The molecule has 1 amide bonds. The molecule has 0 unspecified atom stereocenters. The molecule has 2 aromatic carbocycles. The predicted molar refractivity (Wildman–Crippen MR) is 77.5 cm³/mol. The van der Waals surface area contributed by atoms with Gasteiger partial charge in [0, 0.05) is 16.3 Å². The molecule has 0 saturated heterocycles. The summed E-state index contributed by atoms with van der Waals surface area (Å²) in [5, 5.41) is 3.37. The van der Waals surface area contributed by atoms with Crippen LogP contribution in [0.4, 0.5) is 5.69 Å². The molecule has 0 saturated carbocycles. The summed E-state index contributed by atoms with van der Waals surface area (Å²) in [6.45, 7) is 0. The standard InChI is InChI=1S/C15H11ClN2O/c16-10-6-7-12-11(8-10)13(15(19)18-12)14(17)9-4-2-1-3-5-9/h1-8H,17H2,(H,18,19)/b14-13-. The van der Waals surface area contributed by atoms with Crippen LogP contribution in [0.2, 0.25) is 5.02 Å². The largest absolute Gasteiger partial charge is 0.398 e. The first-order chi connectivity index (χ1) is 9.16. The number of nitrogens with two attached hydrogens (primary N) is 1. The Bertz CT molecular complexity index is 693. The van der Waals surface area contributed by atoms with Crippen molar-refractivity contribution in [3.63, 3.8) is 0 Å². The van der Waals surface area contributed by atoms with Gasteiger partial charge in [0.15, 0.2) is 0 Å². The Labute approximate surface area is 115 Å². The molecular formula is C15H11ClN2O. The fraction of sp³-hybridized carbons (Fsp3) is 0. The number of fused-ring (bicyclic) bond motifs is 1. The minimum Gasteiger partial charge on any atom is -0.398 e. The average Bonchev–Trinajstić information content (AvgIpc) is 2.74. The van der Waals surface area contributed by atoms with E-state index < -0.39 is 0 Å². The van der Waals surface area contributed by atoms with E-state index >= 15 is 0 Å². The van der Waals surface area contributed by atoms with Crippen molar-refractivity contribution in [2.45, 2.75) is 0 Å². The van der Waals surface area contributed by atoms with Gasteiger partial charge in [0.2, 0.25) is 0 Å². The van der Waals surface area contributed by atoms with Crippen LogP contribution in [0.15, 0.2) is 48.5 Å². The lowest BCUT2D eigenvalue weighted by atomic mass is 10.0. The summed E-state index contributed by atoms with van der Waals surface area (Å²) in [4.78, 5) is 12.1. The van der Waals surface area contributed by atoms with E-state index in [1.54, 1.807) is 18.2 Å². The van der Waals surface area contributed by atoms with Crippen LogP contribution < -0.4 is 11.1 Å².